The number of para-hydroxylation sites is 1. The minimum absolute atomic E-state index is 0.0462. The Bertz CT molecular complexity index is 1170. The molecule has 2 aromatic carbocycles. The van der Waals surface area contributed by atoms with Crippen LogP contribution in [-0.4, -0.2) is 29.1 Å². The fraction of sp³-hybridized carbons (Fsp3) is 0.360. The zero-order valence-corrected chi connectivity index (χ0v) is 19.6. The highest BCUT2D eigenvalue weighted by Gasteiger charge is 2.22. The standard InChI is InChI=1S/C25H29ClFN5/c1-15(25(2,3)4)29-23-19-7-5-6-18(16-10-12-28-13-11-16)22(19)31-24(32-23)30-17-8-9-21(27)20(26)14-17/h5-10,14-15,28H,11-13H2,1-4H3,(H2,29,30,31,32)/t15-/m1/s1. The maximum atomic E-state index is 13.6. The maximum absolute atomic E-state index is 13.6. The monoisotopic (exact) mass is 453 g/mol. The number of nitrogens with zero attached hydrogens (tertiary/aromatic N) is 2. The van der Waals surface area contributed by atoms with E-state index in [1.165, 1.54) is 17.7 Å². The third-order valence-electron chi connectivity index (χ3n) is 5.96. The van der Waals surface area contributed by atoms with Gasteiger partial charge in [0.15, 0.2) is 0 Å². The number of nitrogens with one attached hydrogen (secondary N) is 3. The second kappa shape index (κ2) is 9.04. The first-order valence-corrected chi connectivity index (χ1v) is 11.3. The molecule has 0 fully saturated rings. The Morgan fingerprint density at radius 3 is 2.66 bits per heavy atom. The maximum Gasteiger partial charge on any atom is 0.229 e. The van der Waals surface area contributed by atoms with Crippen molar-refractivity contribution in [2.75, 3.05) is 23.7 Å². The summed E-state index contributed by atoms with van der Waals surface area (Å²) in [6.45, 7) is 10.5. The Kier molecular flexibility index (Phi) is 6.35. The predicted octanol–water partition coefficient (Wildman–Crippen LogP) is 6.39. The summed E-state index contributed by atoms with van der Waals surface area (Å²) in [5, 5.41) is 11.2. The first kappa shape index (κ1) is 22.5. The van der Waals surface area contributed by atoms with E-state index in [9.17, 15) is 4.39 Å². The van der Waals surface area contributed by atoms with E-state index >= 15 is 0 Å². The number of fused-ring (bicyclic) bond motifs is 1. The quantitative estimate of drug-likeness (QED) is 0.418. The van der Waals surface area contributed by atoms with Crippen LogP contribution in [0.2, 0.25) is 5.02 Å². The van der Waals surface area contributed by atoms with Gasteiger partial charge >= 0.3 is 0 Å². The van der Waals surface area contributed by atoms with Crippen molar-refractivity contribution in [2.24, 2.45) is 5.41 Å². The van der Waals surface area contributed by atoms with Crippen LogP contribution in [0, 0.1) is 11.2 Å². The molecule has 3 aromatic rings. The molecule has 3 N–H and O–H groups in total. The number of benzene rings is 2. The summed E-state index contributed by atoms with van der Waals surface area (Å²) in [6, 6.07) is 10.9. The van der Waals surface area contributed by atoms with Crippen molar-refractivity contribution in [1.29, 1.82) is 0 Å². The predicted molar refractivity (Wildman–Crippen MR) is 132 cm³/mol. The fourth-order valence-corrected chi connectivity index (χ4v) is 3.75. The lowest BCUT2D eigenvalue weighted by Gasteiger charge is -2.29. The van der Waals surface area contributed by atoms with Crippen LogP contribution in [0.5, 0.6) is 0 Å². The van der Waals surface area contributed by atoms with Gasteiger partial charge in [0.05, 0.1) is 10.5 Å². The van der Waals surface area contributed by atoms with E-state index in [1.54, 1.807) is 6.07 Å². The fourth-order valence-electron chi connectivity index (χ4n) is 3.57. The average molecular weight is 454 g/mol. The molecule has 32 heavy (non-hydrogen) atoms. The number of anilines is 3. The minimum atomic E-state index is -0.460. The van der Waals surface area contributed by atoms with Crippen molar-refractivity contribution in [1.82, 2.24) is 15.3 Å². The van der Waals surface area contributed by atoms with Gasteiger partial charge in [0.2, 0.25) is 5.95 Å². The van der Waals surface area contributed by atoms with Crippen LogP contribution in [0.25, 0.3) is 16.5 Å². The number of aromatic nitrogens is 2. The smallest absolute Gasteiger partial charge is 0.229 e. The number of hydrogen-bond acceptors (Lipinski definition) is 5. The Balaban J connectivity index is 1.83. The summed E-state index contributed by atoms with van der Waals surface area (Å²) >= 11 is 5.97. The van der Waals surface area contributed by atoms with Crippen molar-refractivity contribution in [3.05, 3.63) is 58.9 Å². The highest BCUT2D eigenvalue weighted by Crippen LogP contribution is 2.33. The van der Waals surface area contributed by atoms with Crippen LogP contribution in [0.3, 0.4) is 0 Å². The van der Waals surface area contributed by atoms with Crippen molar-refractivity contribution >= 4 is 45.5 Å². The topological polar surface area (TPSA) is 61.9 Å². The lowest BCUT2D eigenvalue weighted by atomic mass is 9.88. The third-order valence-corrected chi connectivity index (χ3v) is 6.25. The second-order valence-corrected chi connectivity index (χ2v) is 9.67. The molecule has 0 bridgehead atoms. The van der Waals surface area contributed by atoms with Crippen molar-refractivity contribution < 1.29 is 4.39 Å². The highest BCUT2D eigenvalue weighted by atomic mass is 35.5. The van der Waals surface area contributed by atoms with E-state index in [0.29, 0.717) is 11.6 Å². The van der Waals surface area contributed by atoms with E-state index in [1.807, 2.05) is 0 Å². The van der Waals surface area contributed by atoms with Crippen LogP contribution < -0.4 is 16.0 Å². The summed E-state index contributed by atoms with van der Waals surface area (Å²) < 4.78 is 13.6. The van der Waals surface area contributed by atoms with Gasteiger partial charge in [-0.2, -0.15) is 4.98 Å². The van der Waals surface area contributed by atoms with Gasteiger partial charge in [-0.15, -0.1) is 0 Å². The molecule has 168 valence electrons. The van der Waals surface area contributed by atoms with Gasteiger partial charge in [0, 0.05) is 29.2 Å². The molecule has 4 rings (SSSR count). The summed E-state index contributed by atoms with van der Waals surface area (Å²) in [7, 11) is 0. The first-order valence-electron chi connectivity index (χ1n) is 10.9. The SMILES string of the molecule is C[C@@H](Nc1nc(Nc2ccc(F)c(Cl)c2)nc2c(C3=CCNCC3)cccc12)C(C)(C)C. The largest absolute Gasteiger partial charge is 0.366 e. The molecule has 5 nitrogen and oxygen atoms in total. The molecule has 0 spiro atoms. The number of rotatable bonds is 5. The average Bonchev–Trinajstić information content (AvgIpc) is 2.76. The molecule has 1 aliphatic heterocycles. The summed E-state index contributed by atoms with van der Waals surface area (Å²) in [5.41, 5.74) is 3.95. The lowest BCUT2D eigenvalue weighted by molar-refractivity contribution is 0.359. The Morgan fingerprint density at radius 1 is 1.16 bits per heavy atom. The van der Waals surface area contributed by atoms with E-state index < -0.39 is 5.82 Å². The van der Waals surface area contributed by atoms with Crippen LogP contribution >= 0.6 is 11.6 Å². The molecule has 1 aliphatic rings. The minimum Gasteiger partial charge on any atom is -0.366 e. The second-order valence-electron chi connectivity index (χ2n) is 9.27. The molecule has 2 heterocycles. The van der Waals surface area contributed by atoms with Gasteiger partial charge < -0.3 is 16.0 Å². The molecule has 0 amide bonds. The molecule has 0 unspecified atom stereocenters. The summed E-state index contributed by atoms with van der Waals surface area (Å²) in [5.74, 6) is 0.744. The van der Waals surface area contributed by atoms with Crippen LogP contribution in [-0.2, 0) is 0 Å². The Hall–Kier alpha value is -2.70. The molecule has 0 saturated heterocycles. The molecular formula is C25H29ClFN5. The summed E-state index contributed by atoms with van der Waals surface area (Å²) in [4.78, 5) is 9.65. The Labute approximate surface area is 193 Å². The van der Waals surface area contributed by atoms with Crippen molar-refractivity contribution in [3.63, 3.8) is 0 Å². The van der Waals surface area contributed by atoms with Gasteiger partial charge in [0.1, 0.15) is 11.6 Å². The van der Waals surface area contributed by atoms with E-state index in [2.05, 4.69) is 67.9 Å². The first-order chi connectivity index (χ1) is 15.2. The van der Waals surface area contributed by atoms with Crippen LogP contribution in [0.1, 0.15) is 39.7 Å². The highest BCUT2D eigenvalue weighted by molar-refractivity contribution is 6.31. The van der Waals surface area contributed by atoms with Gasteiger partial charge in [-0.05, 0) is 55.1 Å². The van der Waals surface area contributed by atoms with Gasteiger partial charge in [-0.25, -0.2) is 9.37 Å². The number of hydrogen-bond donors (Lipinski definition) is 3. The lowest BCUT2D eigenvalue weighted by Crippen LogP contribution is -2.31. The van der Waals surface area contributed by atoms with Gasteiger partial charge in [-0.3, -0.25) is 0 Å². The Morgan fingerprint density at radius 2 is 1.97 bits per heavy atom. The summed E-state index contributed by atoms with van der Waals surface area (Å²) in [6.07, 6.45) is 3.17. The van der Waals surface area contributed by atoms with E-state index in [-0.39, 0.29) is 16.5 Å². The molecule has 7 heteroatoms. The van der Waals surface area contributed by atoms with Gasteiger partial charge in [0.25, 0.3) is 0 Å². The van der Waals surface area contributed by atoms with E-state index in [0.717, 1.165) is 41.8 Å². The van der Waals surface area contributed by atoms with Crippen molar-refractivity contribution in [3.8, 4) is 0 Å². The molecule has 0 radical (unpaired) electrons. The zero-order valence-electron chi connectivity index (χ0n) is 18.9. The zero-order chi connectivity index (χ0) is 22.9. The third kappa shape index (κ3) is 4.87. The molecule has 0 aliphatic carbocycles. The van der Waals surface area contributed by atoms with Crippen LogP contribution in [0.4, 0.5) is 21.8 Å². The van der Waals surface area contributed by atoms with Crippen LogP contribution in [0.15, 0.2) is 42.5 Å². The normalized spacial score (nSPS) is 15.4. The van der Waals surface area contributed by atoms with Gasteiger partial charge in [-0.1, -0.05) is 50.6 Å². The van der Waals surface area contributed by atoms with Crippen molar-refractivity contribution in [2.45, 2.75) is 40.2 Å². The molecule has 1 atom stereocenters. The van der Waals surface area contributed by atoms with E-state index in [4.69, 9.17) is 21.6 Å². The molecule has 1 aromatic heterocycles. The molecule has 0 saturated carbocycles. The molecular weight excluding hydrogens is 425 g/mol. The number of halogens is 2.